The number of unbranched alkanes of at least 4 members (excludes halogenated alkanes) is 10. The average Bonchev–Trinajstić information content (AvgIpc) is 3.19. The van der Waals surface area contributed by atoms with Crippen molar-refractivity contribution in [2.45, 2.75) is 142 Å². The van der Waals surface area contributed by atoms with Crippen LogP contribution in [0.25, 0.3) is 11.1 Å². The molecular formula is C46H66N2O6. The maximum absolute atomic E-state index is 12.2. The molecule has 8 heteroatoms. The second kappa shape index (κ2) is 24.1. The van der Waals surface area contributed by atoms with Crippen LogP contribution in [0.4, 0.5) is 0 Å². The van der Waals surface area contributed by atoms with Crippen molar-refractivity contribution in [2.75, 3.05) is 19.6 Å². The first kappa shape index (κ1) is 43.2. The quantitative estimate of drug-likeness (QED) is 0.0742. The predicted molar refractivity (Wildman–Crippen MR) is 217 cm³/mol. The third-order valence-electron chi connectivity index (χ3n) is 10.7. The number of carbonyl (C=O) groups is 2. The summed E-state index contributed by atoms with van der Waals surface area (Å²) in [6.45, 7) is 10.1. The van der Waals surface area contributed by atoms with Crippen LogP contribution in [-0.4, -0.2) is 52.7 Å². The molecule has 54 heavy (non-hydrogen) atoms. The molecule has 1 aliphatic heterocycles. The minimum absolute atomic E-state index is 0.00660. The zero-order valence-electron chi connectivity index (χ0n) is 33.1. The molecule has 1 amide bonds. The van der Waals surface area contributed by atoms with Gasteiger partial charge in [0, 0.05) is 31.0 Å². The first-order valence-electron chi connectivity index (χ1n) is 20.7. The van der Waals surface area contributed by atoms with E-state index >= 15 is 0 Å². The van der Waals surface area contributed by atoms with Crippen LogP contribution in [-0.2, 0) is 32.2 Å². The van der Waals surface area contributed by atoms with Crippen molar-refractivity contribution < 1.29 is 29.3 Å². The minimum atomic E-state index is -0.983. The van der Waals surface area contributed by atoms with Crippen molar-refractivity contribution in [3.8, 4) is 11.1 Å². The van der Waals surface area contributed by atoms with Crippen molar-refractivity contribution in [1.82, 2.24) is 10.2 Å². The molecule has 0 radical (unpaired) electrons. The molecule has 0 unspecified atom stereocenters. The highest BCUT2D eigenvalue weighted by atomic mass is 16.7. The van der Waals surface area contributed by atoms with Crippen molar-refractivity contribution in [3.63, 3.8) is 0 Å². The molecule has 4 atom stereocenters. The van der Waals surface area contributed by atoms with Gasteiger partial charge in [-0.2, -0.15) is 0 Å². The Bertz CT molecular complexity index is 1510. The van der Waals surface area contributed by atoms with Gasteiger partial charge in [0.15, 0.2) is 6.29 Å². The summed E-state index contributed by atoms with van der Waals surface area (Å²) < 4.78 is 13.8. The van der Waals surface area contributed by atoms with E-state index < -0.39 is 12.3 Å². The first-order valence-corrected chi connectivity index (χ1v) is 20.7. The van der Waals surface area contributed by atoms with Gasteiger partial charge in [-0.25, -0.2) is 0 Å². The molecule has 296 valence electrons. The van der Waals surface area contributed by atoms with Gasteiger partial charge in [0.05, 0.1) is 25.2 Å². The molecule has 4 rings (SSSR count). The Morgan fingerprint density at radius 2 is 1.31 bits per heavy atom. The van der Waals surface area contributed by atoms with Gasteiger partial charge in [-0.15, -0.1) is 0 Å². The fourth-order valence-electron chi connectivity index (χ4n) is 7.34. The number of amides is 1. The Balaban J connectivity index is 1.53. The van der Waals surface area contributed by atoms with Crippen LogP contribution in [0.15, 0.2) is 72.8 Å². The number of nitrogens with zero attached hydrogens (tertiary/aromatic N) is 1. The van der Waals surface area contributed by atoms with E-state index in [1.807, 2.05) is 30.3 Å². The maximum Gasteiger partial charge on any atom is 0.303 e. The summed E-state index contributed by atoms with van der Waals surface area (Å²) in [6.07, 6.45) is 14.4. The van der Waals surface area contributed by atoms with Crippen LogP contribution >= 0.6 is 0 Å². The second-order valence-corrected chi connectivity index (χ2v) is 15.2. The van der Waals surface area contributed by atoms with Crippen molar-refractivity contribution in [3.05, 3.63) is 95.1 Å². The van der Waals surface area contributed by atoms with Gasteiger partial charge in [0.2, 0.25) is 5.91 Å². The number of carbonyl (C=O) groups excluding carboxylic acids is 1. The van der Waals surface area contributed by atoms with Crippen LogP contribution in [0.1, 0.15) is 145 Å². The van der Waals surface area contributed by atoms with E-state index in [0.29, 0.717) is 6.54 Å². The molecule has 0 aromatic heterocycles. The van der Waals surface area contributed by atoms with E-state index in [-0.39, 0.29) is 43.5 Å². The number of hydrogen-bond donors (Lipinski definition) is 3. The van der Waals surface area contributed by atoms with Crippen molar-refractivity contribution in [2.24, 2.45) is 5.92 Å². The summed E-state index contributed by atoms with van der Waals surface area (Å²) >= 11 is 0. The lowest BCUT2D eigenvalue weighted by Gasteiger charge is -2.43. The fourth-order valence-corrected chi connectivity index (χ4v) is 7.34. The Kier molecular flexibility index (Phi) is 19.2. The van der Waals surface area contributed by atoms with E-state index in [1.165, 1.54) is 77.0 Å². The van der Waals surface area contributed by atoms with Crippen LogP contribution in [0.2, 0.25) is 0 Å². The number of carboxylic acid groups (broad SMARTS) is 1. The largest absolute Gasteiger partial charge is 0.481 e. The lowest BCUT2D eigenvalue weighted by molar-refractivity contribution is -0.276. The molecule has 1 heterocycles. The third-order valence-corrected chi connectivity index (χ3v) is 10.7. The summed E-state index contributed by atoms with van der Waals surface area (Å²) in [7, 11) is 0. The monoisotopic (exact) mass is 742 g/mol. The molecule has 0 saturated carbocycles. The number of nitrogens with one attached hydrogen (secondary N) is 1. The molecule has 3 N–H and O–H groups in total. The highest BCUT2D eigenvalue weighted by molar-refractivity contribution is 5.80. The smallest absolute Gasteiger partial charge is 0.303 e. The van der Waals surface area contributed by atoms with Crippen LogP contribution in [0, 0.1) is 5.92 Å². The van der Waals surface area contributed by atoms with Crippen LogP contribution in [0.5, 0.6) is 0 Å². The number of aliphatic hydroxyl groups excluding tert-OH is 1. The molecule has 3 aromatic rings. The molecule has 0 spiro atoms. The number of benzene rings is 3. The molecular weight excluding hydrogens is 677 g/mol. The minimum Gasteiger partial charge on any atom is -0.481 e. The maximum atomic E-state index is 12.2. The summed E-state index contributed by atoms with van der Waals surface area (Å²) in [5, 5.41) is 21.5. The van der Waals surface area contributed by atoms with Crippen LogP contribution in [0.3, 0.4) is 0 Å². The zero-order chi connectivity index (χ0) is 38.5. The number of carboxylic acids is 1. The number of aliphatic carboxylic acids is 1. The van der Waals surface area contributed by atoms with E-state index in [2.05, 4.69) is 73.5 Å². The number of hydrogen-bond acceptors (Lipinski definition) is 6. The van der Waals surface area contributed by atoms with Crippen molar-refractivity contribution >= 4 is 11.9 Å². The average molecular weight is 743 g/mol. The topological polar surface area (TPSA) is 108 Å². The van der Waals surface area contributed by atoms with Gasteiger partial charge in [-0.05, 0) is 65.9 Å². The standard InChI is InChI=1S/C46H66N2O6/c1-4-6-8-10-12-14-28-48(29-15-13-11-9-7-5-2)33-42-35(3)45(38-24-22-36(34-49)23-25-38)54-46(53-42)41-21-17-20-40(31-41)39-19-16-18-37(30-39)32-47-43(50)26-27-44(51)52/h16-25,30-31,35,42,45-46,49H,4-15,26-29,32-34H2,1-3H3,(H,47,50)(H,51,52)/t35-,42+,45+,46+/m1/s1. The Morgan fingerprint density at radius 1 is 0.704 bits per heavy atom. The third kappa shape index (κ3) is 14.6. The Morgan fingerprint density at radius 3 is 1.94 bits per heavy atom. The molecule has 0 aliphatic carbocycles. The molecule has 3 aromatic carbocycles. The summed E-state index contributed by atoms with van der Waals surface area (Å²) in [5.41, 5.74) is 5.88. The Hall–Kier alpha value is -3.56. The van der Waals surface area contributed by atoms with Crippen molar-refractivity contribution in [1.29, 1.82) is 0 Å². The zero-order valence-corrected chi connectivity index (χ0v) is 33.1. The van der Waals surface area contributed by atoms with Gasteiger partial charge in [0.1, 0.15) is 0 Å². The molecule has 8 nitrogen and oxygen atoms in total. The highest BCUT2D eigenvalue weighted by Crippen LogP contribution is 2.42. The van der Waals surface area contributed by atoms with E-state index in [0.717, 1.165) is 53.0 Å². The summed E-state index contributed by atoms with van der Waals surface area (Å²) in [5.74, 6) is -1.15. The molecule has 1 saturated heterocycles. The lowest BCUT2D eigenvalue weighted by atomic mass is 9.89. The predicted octanol–water partition coefficient (Wildman–Crippen LogP) is 10.1. The van der Waals surface area contributed by atoms with E-state index in [9.17, 15) is 14.7 Å². The normalized spacial score (nSPS) is 18.5. The summed E-state index contributed by atoms with van der Waals surface area (Å²) in [4.78, 5) is 25.7. The number of ether oxygens (including phenoxy) is 2. The van der Waals surface area contributed by atoms with Gasteiger partial charge < -0.3 is 29.9 Å². The SMILES string of the molecule is CCCCCCCCN(CCCCCCCC)C[C@@H]1O[C@H](c2cccc(-c3cccc(CNC(=O)CCC(=O)O)c3)c2)O[C@H](c2ccc(CO)cc2)[C@@H]1C. The fraction of sp³-hybridized carbons (Fsp3) is 0.565. The molecule has 1 fully saturated rings. The lowest BCUT2D eigenvalue weighted by Crippen LogP contribution is -2.45. The van der Waals surface area contributed by atoms with E-state index in [1.54, 1.807) is 0 Å². The second-order valence-electron chi connectivity index (χ2n) is 15.2. The first-order chi connectivity index (χ1) is 26.3. The molecule has 0 bridgehead atoms. The Labute approximate surface area is 324 Å². The van der Waals surface area contributed by atoms with Gasteiger partial charge in [-0.1, -0.05) is 146 Å². The van der Waals surface area contributed by atoms with Crippen LogP contribution < -0.4 is 5.32 Å². The highest BCUT2D eigenvalue weighted by Gasteiger charge is 2.39. The van der Waals surface area contributed by atoms with Gasteiger partial charge in [-0.3, -0.25) is 9.59 Å². The summed E-state index contributed by atoms with van der Waals surface area (Å²) in [6, 6.07) is 24.5. The van der Waals surface area contributed by atoms with Gasteiger partial charge in [0.25, 0.3) is 0 Å². The number of rotatable bonds is 25. The van der Waals surface area contributed by atoms with E-state index in [4.69, 9.17) is 14.6 Å². The number of aliphatic hydroxyl groups is 1. The molecule has 1 aliphatic rings. The van der Waals surface area contributed by atoms with Gasteiger partial charge >= 0.3 is 5.97 Å².